The first kappa shape index (κ1) is 21.1. The quantitative estimate of drug-likeness (QED) is 0.679. The van der Waals surface area contributed by atoms with Crippen molar-refractivity contribution in [2.24, 2.45) is 46.3 Å². The van der Waals surface area contributed by atoms with Gasteiger partial charge < -0.3 is 5.11 Å². The lowest BCUT2D eigenvalue weighted by atomic mass is 9.42. The van der Waals surface area contributed by atoms with Crippen LogP contribution in [-0.4, -0.2) is 22.6 Å². The van der Waals surface area contributed by atoms with Crippen molar-refractivity contribution in [1.82, 2.24) is 0 Å². The summed E-state index contributed by atoms with van der Waals surface area (Å²) in [6.45, 7) is 6.94. The number of rotatable bonds is 5. The third-order valence-corrected chi connectivity index (χ3v) is 10.1. The second-order valence-electron chi connectivity index (χ2n) is 11.1. The minimum Gasteiger partial charge on any atom is -0.481 e. The fraction of sp³-hybridized carbons (Fsp3) is 0.880. The molecule has 4 saturated carbocycles. The normalized spacial score (nSPS) is 46.7. The van der Waals surface area contributed by atoms with Crippen LogP contribution in [0.25, 0.3) is 0 Å². The first-order valence-corrected chi connectivity index (χ1v) is 12.0. The maximum atomic E-state index is 13.8. The number of carbonyl (C=O) groups excluding carboxylic acids is 2. The summed E-state index contributed by atoms with van der Waals surface area (Å²) in [6, 6.07) is 0. The Balaban J connectivity index is 1.61. The summed E-state index contributed by atoms with van der Waals surface area (Å²) >= 11 is 0. The molecular weight excluding hydrogens is 364 g/mol. The average molecular weight is 403 g/mol. The second kappa shape index (κ2) is 7.50. The van der Waals surface area contributed by atoms with Gasteiger partial charge in [0.25, 0.3) is 0 Å². The number of carbonyl (C=O) groups is 3. The van der Waals surface area contributed by atoms with Crippen LogP contribution in [0.3, 0.4) is 0 Å². The van der Waals surface area contributed by atoms with E-state index in [1.54, 1.807) is 0 Å². The average Bonchev–Trinajstić information content (AvgIpc) is 3.00. The van der Waals surface area contributed by atoms with E-state index in [0.29, 0.717) is 42.2 Å². The standard InChI is InChI=1S/C25H38O4/c1-4-17-20-14-16(26)10-12-25(20,3)19-11-13-24(2)15(6-5-7-21(27)28)8-9-18(24)22(19)23(17)29/h15,17-20,22H,4-14H2,1-3H3,(H,27,28)/t15-,17+,18?,19?,20-,22?,24+,25+/m0/s1. The number of ketones is 2. The number of aliphatic carboxylic acids is 1. The Hall–Kier alpha value is -1.19. The SMILES string of the molecule is CC[C@H]1C(=O)C2C3CC[C@H](CCCC(=O)O)[C@@]3(C)CCC2[C@@]2(C)CCC(=O)C[C@@H]12. The highest BCUT2D eigenvalue weighted by Crippen LogP contribution is 2.68. The predicted octanol–water partition coefficient (Wildman–Crippen LogP) is 5.28. The van der Waals surface area contributed by atoms with E-state index in [9.17, 15) is 14.4 Å². The molecule has 0 heterocycles. The van der Waals surface area contributed by atoms with E-state index in [4.69, 9.17) is 5.11 Å². The smallest absolute Gasteiger partial charge is 0.303 e. The molecule has 4 fully saturated rings. The third-order valence-electron chi connectivity index (χ3n) is 10.1. The molecule has 0 aromatic rings. The molecule has 4 nitrogen and oxygen atoms in total. The van der Waals surface area contributed by atoms with Crippen LogP contribution in [0.15, 0.2) is 0 Å². The van der Waals surface area contributed by atoms with Gasteiger partial charge in [-0.25, -0.2) is 0 Å². The van der Waals surface area contributed by atoms with Crippen LogP contribution in [0.5, 0.6) is 0 Å². The minimum atomic E-state index is -0.701. The summed E-state index contributed by atoms with van der Waals surface area (Å²) in [7, 11) is 0. The zero-order valence-electron chi connectivity index (χ0n) is 18.4. The maximum absolute atomic E-state index is 13.8. The lowest BCUT2D eigenvalue weighted by Gasteiger charge is -2.61. The molecule has 0 aromatic carbocycles. The lowest BCUT2D eigenvalue weighted by molar-refractivity contribution is -0.169. The van der Waals surface area contributed by atoms with Crippen molar-refractivity contribution in [3.63, 3.8) is 0 Å². The number of Topliss-reactive ketones (excluding diaryl/α,β-unsaturated/α-hetero) is 2. The van der Waals surface area contributed by atoms with Gasteiger partial charge in [-0.15, -0.1) is 0 Å². The molecule has 0 saturated heterocycles. The summed E-state index contributed by atoms with van der Waals surface area (Å²) < 4.78 is 0. The second-order valence-corrected chi connectivity index (χ2v) is 11.1. The molecule has 3 unspecified atom stereocenters. The van der Waals surface area contributed by atoms with E-state index in [2.05, 4.69) is 20.8 Å². The maximum Gasteiger partial charge on any atom is 0.303 e. The zero-order chi connectivity index (χ0) is 21.0. The van der Waals surface area contributed by atoms with E-state index in [1.807, 2.05) is 0 Å². The Morgan fingerprint density at radius 1 is 1.03 bits per heavy atom. The van der Waals surface area contributed by atoms with Crippen LogP contribution in [0.1, 0.15) is 91.4 Å². The van der Waals surface area contributed by atoms with Gasteiger partial charge in [0.2, 0.25) is 0 Å². The Bertz CT molecular complexity index is 699. The topological polar surface area (TPSA) is 71.4 Å². The van der Waals surface area contributed by atoms with Gasteiger partial charge in [-0.2, -0.15) is 0 Å². The Morgan fingerprint density at radius 3 is 2.45 bits per heavy atom. The van der Waals surface area contributed by atoms with Crippen LogP contribution < -0.4 is 0 Å². The fourth-order valence-electron chi connectivity index (χ4n) is 8.53. The summed E-state index contributed by atoms with van der Waals surface area (Å²) in [5.41, 5.74) is 0.317. The first-order chi connectivity index (χ1) is 13.7. The number of carboxylic acids is 1. The number of hydrogen-bond donors (Lipinski definition) is 1. The van der Waals surface area contributed by atoms with Crippen LogP contribution >= 0.6 is 0 Å². The molecule has 29 heavy (non-hydrogen) atoms. The molecule has 0 amide bonds. The van der Waals surface area contributed by atoms with E-state index in [0.717, 1.165) is 51.4 Å². The van der Waals surface area contributed by atoms with Gasteiger partial charge in [0, 0.05) is 31.1 Å². The van der Waals surface area contributed by atoms with Crippen molar-refractivity contribution in [2.45, 2.75) is 91.4 Å². The third kappa shape index (κ3) is 3.20. The molecule has 0 bridgehead atoms. The Morgan fingerprint density at radius 2 is 1.76 bits per heavy atom. The van der Waals surface area contributed by atoms with Crippen LogP contribution in [0.2, 0.25) is 0 Å². The fourth-order valence-corrected chi connectivity index (χ4v) is 8.53. The number of hydrogen-bond acceptors (Lipinski definition) is 3. The van der Waals surface area contributed by atoms with Gasteiger partial charge in [-0.1, -0.05) is 20.8 Å². The van der Waals surface area contributed by atoms with Crippen molar-refractivity contribution >= 4 is 17.5 Å². The highest BCUT2D eigenvalue weighted by atomic mass is 16.4. The van der Waals surface area contributed by atoms with Gasteiger partial charge in [0.05, 0.1) is 0 Å². The minimum absolute atomic E-state index is 0.0545. The van der Waals surface area contributed by atoms with Gasteiger partial charge in [0.15, 0.2) is 0 Å². The summed E-state index contributed by atoms with van der Waals surface area (Å²) in [5.74, 6) is 2.04. The first-order valence-electron chi connectivity index (χ1n) is 12.0. The zero-order valence-corrected chi connectivity index (χ0v) is 18.4. The van der Waals surface area contributed by atoms with E-state index in [1.165, 1.54) is 0 Å². The summed E-state index contributed by atoms with van der Waals surface area (Å²) in [5, 5.41) is 9.02. The highest BCUT2D eigenvalue weighted by Gasteiger charge is 2.64. The molecule has 0 aliphatic heterocycles. The molecule has 0 radical (unpaired) electrons. The van der Waals surface area contributed by atoms with Gasteiger partial charge in [-0.05, 0) is 85.9 Å². The van der Waals surface area contributed by atoms with Crippen LogP contribution in [-0.2, 0) is 14.4 Å². The Kier molecular flexibility index (Phi) is 5.44. The van der Waals surface area contributed by atoms with Gasteiger partial charge in [-0.3, -0.25) is 14.4 Å². The molecule has 8 atom stereocenters. The number of carboxylic acid groups (broad SMARTS) is 1. The highest BCUT2D eigenvalue weighted by molar-refractivity contribution is 5.88. The molecular formula is C25H38O4. The largest absolute Gasteiger partial charge is 0.481 e. The Labute approximate surface area is 175 Å². The van der Waals surface area contributed by atoms with Gasteiger partial charge >= 0.3 is 5.97 Å². The van der Waals surface area contributed by atoms with Gasteiger partial charge in [0.1, 0.15) is 11.6 Å². The van der Waals surface area contributed by atoms with Crippen molar-refractivity contribution in [1.29, 1.82) is 0 Å². The predicted molar refractivity (Wildman–Crippen MR) is 111 cm³/mol. The molecule has 162 valence electrons. The molecule has 4 rings (SSSR count). The van der Waals surface area contributed by atoms with E-state index < -0.39 is 5.97 Å². The van der Waals surface area contributed by atoms with Crippen molar-refractivity contribution in [3.05, 3.63) is 0 Å². The molecule has 4 aliphatic carbocycles. The van der Waals surface area contributed by atoms with Crippen LogP contribution in [0.4, 0.5) is 0 Å². The number of fused-ring (bicyclic) bond motifs is 5. The molecule has 0 spiro atoms. The molecule has 1 N–H and O–H groups in total. The summed E-state index contributed by atoms with van der Waals surface area (Å²) in [6.07, 6.45) is 9.67. The molecule has 0 aromatic heterocycles. The molecule has 4 aliphatic rings. The lowest BCUT2D eigenvalue weighted by Crippen LogP contribution is -2.60. The van der Waals surface area contributed by atoms with Crippen LogP contribution in [0, 0.1) is 46.3 Å². The van der Waals surface area contributed by atoms with Crippen molar-refractivity contribution < 1.29 is 19.5 Å². The van der Waals surface area contributed by atoms with Crippen molar-refractivity contribution in [2.75, 3.05) is 0 Å². The summed E-state index contributed by atoms with van der Waals surface area (Å²) in [4.78, 5) is 37.0. The van der Waals surface area contributed by atoms with Crippen molar-refractivity contribution in [3.8, 4) is 0 Å². The molecule has 4 heteroatoms. The van der Waals surface area contributed by atoms with E-state index >= 15 is 0 Å². The van der Waals surface area contributed by atoms with E-state index in [-0.39, 0.29) is 35.0 Å². The monoisotopic (exact) mass is 402 g/mol.